The molecule has 0 bridgehead atoms. The Morgan fingerprint density at radius 2 is 1.91 bits per heavy atom. The summed E-state index contributed by atoms with van der Waals surface area (Å²) in [5.41, 5.74) is 1.76. The summed E-state index contributed by atoms with van der Waals surface area (Å²) in [5.74, 6) is 0. The number of hydrogen-bond acceptors (Lipinski definition) is 2. The van der Waals surface area contributed by atoms with Crippen LogP contribution in [0, 0.1) is 4.91 Å². The number of hydrogen-bond donors (Lipinski definition) is 0. The second kappa shape index (κ2) is 4.43. The first kappa shape index (κ1) is 8.64. The monoisotopic (exact) mass is 261 g/mol. The van der Waals surface area contributed by atoms with Gasteiger partial charge in [-0.05, 0) is 29.3 Å². The van der Waals surface area contributed by atoms with E-state index in [-0.39, 0.29) is 0 Å². The van der Waals surface area contributed by atoms with Crippen molar-refractivity contribution < 1.29 is 0 Å². The zero-order valence-electron chi connectivity index (χ0n) is 5.96. The summed E-state index contributed by atoms with van der Waals surface area (Å²) in [6.45, 7) is 0. The van der Waals surface area contributed by atoms with Gasteiger partial charge < -0.3 is 0 Å². The van der Waals surface area contributed by atoms with E-state index in [0.29, 0.717) is 5.69 Å². The molecule has 0 aromatic heterocycles. The Labute approximate surface area is 79.1 Å². The summed E-state index contributed by atoms with van der Waals surface area (Å²) in [5, 5.41) is 2.82. The molecule has 0 radical (unpaired) electrons. The summed E-state index contributed by atoms with van der Waals surface area (Å²) >= 11 is 2.32. The van der Waals surface area contributed by atoms with E-state index in [4.69, 9.17) is 0 Å². The molecule has 11 heavy (non-hydrogen) atoms. The van der Waals surface area contributed by atoms with Crippen LogP contribution >= 0.6 is 22.6 Å². The summed E-state index contributed by atoms with van der Waals surface area (Å²) in [6.07, 6.45) is 1.06. The molecule has 3 heteroatoms. The van der Waals surface area contributed by atoms with Gasteiger partial charge in [-0.25, -0.2) is 0 Å². The number of alkyl halides is 1. The van der Waals surface area contributed by atoms with E-state index in [1.54, 1.807) is 12.1 Å². The molecule has 1 aromatic carbocycles. The van der Waals surface area contributed by atoms with Gasteiger partial charge in [0.2, 0.25) is 0 Å². The van der Waals surface area contributed by atoms with Gasteiger partial charge in [0.15, 0.2) is 0 Å². The van der Waals surface area contributed by atoms with Gasteiger partial charge >= 0.3 is 0 Å². The van der Waals surface area contributed by atoms with Crippen LogP contribution in [0.4, 0.5) is 5.69 Å². The Morgan fingerprint density at radius 3 is 2.36 bits per heavy atom. The van der Waals surface area contributed by atoms with Gasteiger partial charge in [0.25, 0.3) is 0 Å². The van der Waals surface area contributed by atoms with E-state index < -0.39 is 0 Å². The molecule has 0 aliphatic rings. The van der Waals surface area contributed by atoms with Crippen molar-refractivity contribution in [1.29, 1.82) is 0 Å². The number of nitroso groups, excluding NO2 is 1. The smallest absolute Gasteiger partial charge is 0.108 e. The van der Waals surface area contributed by atoms with E-state index in [1.807, 2.05) is 12.1 Å². The highest BCUT2D eigenvalue weighted by atomic mass is 127. The van der Waals surface area contributed by atoms with Crippen LogP contribution in [-0.4, -0.2) is 4.43 Å². The topological polar surface area (TPSA) is 29.4 Å². The van der Waals surface area contributed by atoms with Gasteiger partial charge in [-0.2, -0.15) is 0 Å². The molecule has 0 saturated heterocycles. The van der Waals surface area contributed by atoms with E-state index >= 15 is 0 Å². The van der Waals surface area contributed by atoms with Crippen LogP contribution in [0.3, 0.4) is 0 Å². The second-order valence-corrected chi connectivity index (χ2v) is 3.28. The molecule has 0 aliphatic carbocycles. The molecule has 2 nitrogen and oxygen atoms in total. The Hall–Kier alpha value is -0.450. The van der Waals surface area contributed by atoms with Crippen molar-refractivity contribution in [3.8, 4) is 0 Å². The fourth-order valence-corrected chi connectivity index (χ4v) is 1.46. The van der Waals surface area contributed by atoms with E-state index in [0.717, 1.165) is 10.8 Å². The SMILES string of the molecule is O=Nc1ccc(CCI)cc1. The Morgan fingerprint density at radius 1 is 1.27 bits per heavy atom. The van der Waals surface area contributed by atoms with Crippen LogP contribution in [0.2, 0.25) is 0 Å². The normalized spacial score (nSPS) is 9.55. The minimum atomic E-state index is 0.502. The molecule has 0 unspecified atom stereocenters. The summed E-state index contributed by atoms with van der Waals surface area (Å²) in [7, 11) is 0. The zero-order valence-corrected chi connectivity index (χ0v) is 8.11. The molecule has 58 valence electrons. The quantitative estimate of drug-likeness (QED) is 0.467. The lowest BCUT2D eigenvalue weighted by Gasteiger charge is -1.95. The highest BCUT2D eigenvalue weighted by Gasteiger charge is 1.92. The Kier molecular flexibility index (Phi) is 3.48. The molecule has 1 aromatic rings. The third-order valence-electron chi connectivity index (χ3n) is 1.42. The van der Waals surface area contributed by atoms with Gasteiger partial charge in [0.1, 0.15) is 5.69 Å². The first-order chi connectivity index (χ1) is 5.36. The average Bonchev–Trinajstić information content (AvgIpc) is 2.07. The lowest BCUT2D eigenvalue weighted by Crippen LogP contribution is -1.82. The van der Waals surface area contributed by atoms with Crippen molar-refractivity contribution in [2.24, 2.45) is 5.18 Å². The molecule has 0 heterocycles. The molecule has 0 N–H and O–H groups in total. The van der Waals surface area contributed by atoms with E-state index in [9.17, 15) is 4.91 Å². The molecule has 0 atom stereocenters. The van der Waals surface area contributed by atoms with Gasteiger partial charge in [0, 0.05) is 4.43 Å². The first-order valence-corrected chi connectivity index (χ1v) is 4.87. The van der Waals surface area contributed by atoms with Crippen molar-refractivity contribution in [2.75, 3.05) is 4.43 Å². The van der Waals surface area contributed by atoms with Gasteiger partial charge in [-0.15, -0.1) is 4.91 Å². The number of nitrogens with zero attached hydrogens (tertiary/aromatic N) is 1. The molecule has 1 rings (SSSR count). The van der Waals surface area contributed by atoms with Crippen LogP contribution in [-0.2, 0) is 6.42 Å². The predicted octanol–water partition coefficient (Wildman–Crippen LogP) is 3.06. The Bertz CT molecular complexity index is 232. The maximum Gasteiger partial charge on any atom is 0.108 e. The van der Waals surface area contributed by atoms with Crippen molar-refractivity contribution in [3.63, 3.8) is 0 Å². The van der Waals surface area contributed by atoms with Crippen molar-refractivity contribution >= 4 is 28.3 Å². The molecule has 0 saturated carbocycles. The first-order valence-electron chi connectivity index (χ1n) is 3.35. The molecule has 0 spiro atoms. The van der Waals surface area contributed by atoms with Crippen molar-refractivity contribution in [3.05, 3.63) is 34.7 Å². The van der Waals surface area contributed by atoms with Crippen molar-refractivity contribution in [1.82, 2.24) is 0 Å². The highest BCUT2D eigenvalue weighted by molar-refractivity contribution is 14.1. The van der Waals surface area contributed by atoms with Crippen molar-refractivity contribution in [2.45, 2.75) is 6.42 Å². The summed E-state index contributed by atoms with van der Waals surface area (Å²) in [4.78, 5) is 10.0. The molecular formula is C8H8INO. The maximum atomic E-state index is 10.0. The van der Waals surface area contributed by atoms with Crippen LogP contribution in [0.25, 0.3) is 0 Å². The van der Waals surface area contributed by atoms with E-state index in [1.165, 1.54) is 5.56 Å². The highest BCUT2D eigenvalue weighted by Crippen LogP contribution is 2.12. The molecule has 0 amide bonds. The zero-order chi connectivity index (χ0) is 8.10. The van der Waals surface area contributed by atoms with Gasteiger partial charge in [0.05, 0.1) is 0 Å². The predicted molar refractivity (Wildman–Crippen MR) is 54.5 cm³/mol. The molecule has 0 aliphatic heterocycles. The van der Waals surface area contributed by atoms with Crippen LogP contribution in [0.15, 0.2) is 29.4 Å². The van der Waals surface area contributed by atoms with Crippen LogP contribution < -0.4 is 0 Å². The fraction of sp³-hybridized carbons (Fsp3) is 0.250. The van der Waals surface area contributed by atoms with E-state index in [2.05, 4.69) is 27.8 Å². The minimum Gasteiger partial charge on any atom is -0.145 e. The number of benzene rings is 1. The van der Waals surface area contributed by atoms with Gasteiger partial charge in [-0.1, -0.05) is 34.7 Å². The largest absolute Gasteiger partial charge is 0.145 e. The lowest BCUT2D eigenvalue weighted by molar-refractivity contribution is 1.18. The number of rotatable bonds is 3. The lowest BCUT2D eigenvalue weighted by atomic mass is 10.2. The minimum absolute atomic E-state index is 0.502. The third-order valence-corrected chi connectivity index (χ3v) is 1.96. The third kappa shape index (κ3) is 2.57. The fourth-order valence-electron chi connectivity index (χ4n) is 0.833. The van der Waals surface area contributed by atoms with Gasteiger partial charge in [-0.3, -0.25) is 0 Å². The molecular weight excluding hydrogens is 253 g/mol. The standard InChI is InChI=1S/C8H8INO/c9-6-5-7-1-3-8(10-11)4-2-7/h1-4H,5-6H2. The van der Waals surface area contributed by atoms with Crippen LogP contribution in [0.5, 0.6) is 0 Å². The Balaban J connectivity index is 2.74. The average molecular weight is 261 g/mol. The summed E-state index contributed by atoms with van der Waals surface area (Å²) < 4.78 is 1.10. The second-order valence-electron chi connectivity index (χ2n) is 2.20. The number of aryl methyl sites for hydroxylation is 1. The number of halogens is 1. The molecule has 0 fully saturated rings. The van der Waals surface area contributed by atoms with Crippen LogP contribution in [0.1, 0.15) is 5.56 Å². The maximum absolute atomic E-state index is 10.0. The summed E-state index contributed by atoms with van der Waals surface area (Å²) in [6, 6.07) is 7.37.